The molecule has 1 saturated heterocycles. The fraction of sp³-hybridized carbons (Fsp3) is 0.182. The number of hydrogen-bond donors (Lipinski definition) is 0. The zero-order valence-corrected chi connectivity index (χ0v) is 17.1. The maximum Gasteiger partial charge on any atom is 0.293 e. The van der Waals surface area contributed by atoms with E-state index >= 15 is 0 Å². The Balaban J connectivity index is 1.68. The minimum Gasteiger partial charge on any atom is -0.344 e. The summed E-state index contributed by atoms with van der Waals surface area (Å²) >= 11 is 7.16. The van der Waals surface area contributed by atoms with Crippen molar-refractivity contribution in [2.45, 2.75) is 26.4 Å². The molecule has 142 valence electrons. The van der Waals surface area contributed by atoms with Gasteiger partial charge in [-0.3, -0.25) is 14.5 Å². The molecule has 0 radical (unpaired) electrons. The first-order valence-corrected chi connectivity index (χ1v) is 10.2. The minimum atomic E-state index is -0.281. The summed E-state index contributed by atoms with van der Waals surface area (Å²) in [7, 11) is 0. The van der Waals surface area contributed by atoms with Crippen molar-refractivity contribution in [2.24, 2.45) is 0 Å². The van der Waals surface area contributed by atoms with Gasteiger partial charge in [-0.15, -0.1) is 0 Å². The molecular weight excluding hydrogens is 392 g/mol. The predicted octanol–water partition coefficient (Wildman–Crippen LogP) is 6.11. The van der Waals surface area contributed by atoms with Gasteiger partial charge in [0.25, 0.3) is 11.1 Å². The molecule has 1 aromatic heterocycles. The normalized spacial score (nSPS) is 16.1. The van der Waals surface area contributed by atoms with Crippen LogP contribution in [0.3, 0.4) is 0 Å². The van der Waals surface area contributed by atoms with Crippen molar-refractivity contribution in [2.75, 3.05) is 0 Å². The molecule has 0 unspecified atom stereocenters. The molecule has 4 nitrogen and oxygen atoms in total. The highest BCUT2D eigenvalue weighted by Gasteiger charge is 2.35. The molecule has 3 aromatic rings. The minimum absolute atomic E-state index is 0.176. The first-order chi connectivity index (χ1) is 13.5. The van der Waals surface area contributed by atoms with Crippen LogP contribution in [0.15, 0.2) is 59.6 Å². The first-order valence-electron chi connectivity index (χ1n) is 9.04. The number of amides is 2. The standard InChI is InChI=1S/C22H19ClN2O2S/c1-14(2)24-13-16(17-8-4-6-10-19(17)24)11-20-21(26)25(22(27)28-20)12-15-7-3-5-9-18(15)23/h3-11,13-14H,12H2,1-2H3/b20-11+. The Morgan fingerprint density at radius 2 is 1.79 bits per heavy atom. The Labute approximate surface area is 172 Å². The summed E-state index contributed by atoms with van der Waals surface area (Å²) in [5.74, 6) is -0.281. The van der Waals surface area contributed by atoms with Crippen LogP contribution in [0.2, 0.25) is 5.02 Å². The molecule has 0 spiro atoms. The third kappa shape index (κ3) is 3.36. The van der Waals surface area contributed by atoms with Gasteiger partial charge in [0.05, 0.1) is 11.4 Å². The van der Waals surface area contributed by atoms with E-state index in [9.17, 15) is 9.59 Å². The van der Waals surface area contributed by atoms with Gasteiger partial charge in [0, 0.05) is 33.7 Å². The van der Waals surface area contributed by atoms with E-state index in [0.717, 1.165) is 33.8 Å². The van der Waals surface area contributed by atoms with Gasteiger partial charge >= 0.3 is 0 Å². The number of imide groups is 1. The van der Waals surface area contributed by atoms with Crippen molar-refractivity contribution in [3.63, 3.8) is 0 Å². The fourth-order valence-corrected chi connectivity index (χ4v) is 4.37. The summed E-state index contributed by atoms with van der Waals surface area (Å²) in [5.41, 5.74) is 2.80. The van der Waals surface area contributed by atoms with Crippen LogP contribution in [0.5, 0.6) is 0 Å². The second kappa shape index (κ2) is 7.49. The average Bonchev–Trinajstić information content (AvgIpc) is 3.17. The van der Waals surface area contributed by atoms with Crippen molar-refractivity contribution in [3.8, 4) is 0 Å². The Kier molecular flexibility index (Phi) is 5.04. The van der Waals surface area contributed by atoms with E-state index in [4.69, 9.17) is 11.6 Å². The summed E-state index contributed by atoms with van der Waals surface area (Å²) < 4.78 is 2.18. The van der Waals surface area contributed by atoms with Gasteiger partial charge in [0.15, 0.2) is 0 Å². The Morgan fingerprint density at radius 1 is 1.07 bits per heavy atom. The summed E-state index contributed by atoms with van der Waals surface area (Å²) in [6, 6.07) is 15.6. The van der Waals surface area contributed by atoms with Crippen LogP contribution in [-0.4, -0.2) is 20.6 Å². The topological polar surface area (TPSA) is 42.3 Å². The van der Waals surface area contributed by atoms with E-state index in [2.05, 4.69) is 24.5 Å². The molecular formula is C22H19ClN2O2S. The number of hydrogen-bond acceptors (Lipinski definition) is 3. The van der Waals surface area contributed by atoms with Crippen molar-refractivity contribution in [3.05, 3.63) is 75.8 Å². The number of para-hydroxylation sites is 1. The van der Waals surface area contributed by atoms with Gasteiger partial charge in [-0.2, -0.15) is 0 Å². The monoisotopic (exact) mass is 410 g/mol. The highest BCUT2D eigenvalue weighted by atomic mass is 35.5. The van der Waals surface area contributed by atoms with Crippen molar-refractivity contribution >= 4 is 51.5 Å². The van der Waals surface area contributed by atoms with Crippen molar-refractivity contribution in [1.82, 2.24) is 9.47 Å². The molecule has 2 heterocycles. The molecule has 4 rings (SSSR count). The van der Waals surface area contributed by atoms with Gasteiger partial charge in [0.2, 0.25) is 0 Å². The molecule has 2 amide bonds. The summed E-state index contributed by atoms with van der Waals surface area (Å²) in [5, 5.41) is 1.34. The van der Waals surface area contributed by atoms with Gasteiger partial charge in [-0.05, 0) is 49.4 Å². The third-order valence-corrected chi connectivity index (χ3v) is 6.05. The number of nitrogens with zero attached hydrogens (tertiary/aromatic N) is 2. The largest absolute Gasteiger partial charge is 0.344 e. The quantitative estimate of drug-likeness (QED) is 0.487. The predicted molar refractivity (Wildman–Crippen MR) is 115 cm³/mol. The van der Waals surface area contributed by atoms with E-state index in [1.807, 2.05) is 48.7 Å². The van der Waals surface area contributed by atoms with Crippen LogP contribution in [0.25, 0.3) is 17.0 Å². The van der Waals surface area contributed by atoms with Crippen LogP contribution < -0.4 is 0 Å². The average molecular weight is 411 g/mol. The van der Waals surface area contributed by atoms with Gasteiger partial charge in [-0.1, -0.05) is 48.0 Å². The number of aromatic nitrogens is 1. The summed E-state index contributed by atoms with van der Waals surface area (Å²) in [6.07, 6.45) is 3.86. The van der Waals surface area contributed by atoms with E-state index in [-0.39, 0.29) is 17.7 Å². The van der Waals surface area contributed by atoms with Crippen LogP contribution in [0.4, 0.5) is 4.79 Å². The summed E-state index contributed by atoms with van der Waals surface area (Å²) in [4.78, 5) is 27.0. The maximum absolute atomic E-state index is 12.9. The van der Waals surface area contributed by atoms with Crippen LogP contribution in [-0.2, 0) is 11.3 Å². The number of halogens is 1. The van der Waals surface area contributed by atoms with E-state index in [1.165, 1.54) is 4.90 Å². The van der Waals surface area contributed by atoms with Gasteiger partial charge < -0.3 is 4.57 Å². The lowest BCUT2D eigenvalue weighted by Crippen LogP contribution is -2.27. The number of fused-ring (bicyclic) bond motifs is 1. The second-order valence-electron chi connectivity index (χ2n) is 6.96. The highest BCUT2D eigenvalue weighted by Crippen LogP contribution is 2.36. The lowest BCUT2D eigenvalue weighted by atomic mass is 10.1. The van der Waals surface area contributed by atoms with Crippen molar-refractivity contribution in [1.29, 1.82) is 0 Å². The highest BCUT2D eigenvalue weighted by molar-refractivity contribution is 8.18. The Hall–Kier alpha value is -2.50. The molecule has 0 bridgehead atoms. The number of thioether (sulfide) groups is 1. The molecule has 28 heavy (non-hydrogen) atoms. The molecule has 0 N–H and O–H groups in total. The van der Waals surface area contributed by atoms with Gasteiger partial charge in [-0.25, -0.2) is 0 Å². The molecule has 1 aliphatic rings. The van der Waals surface area contributed by atoms with Gasteiger partial charge in [0.1, 0.15) is 0 Å². The number of carbonyl (C=O) groups is 2. The fourth-order valence-electron chi connectivity index (χ4n) is 3.35. The van der Waals surface area contributed by atoms with Crippen LogP contribution in [0.1, 0.15) is 31.0 Å². The SMILES string of the molecule is CC(C)n1cc(/C=C2/SC(=O)N(Cc3ccccc3Cl)C2=O)c2ccccc21. The molecule has 0 aliphatic carbocycles. The molecule has 1 aliphatic heterocycles. The molecule has 1 fully saturated rings. The number of benzene rings is 2. The molecule has 6 heteroatoms. The second-order valence-corrected chi connectivity index (χ2v) is 8.36. The van der Waals surface area contributed by atoms with E-state index < -0.39 is 0 Å². The van der Waals surface area contributed by atoms with E-state index in [0.29, 0.717) is 16.0 Å². The lowest BCUT2D eigenvalue weighted by molar-refractivity contribution is -0.123. The molecule has 0 atom stereocenters. The first kappa shape index (κ1) is 18.8. The molecule has 2 aromatic carbocycles. The zero-order valence-electron chi connectivity index (χ0n) is 15.6. The Bertz CT molecular complexity index is 1120. The van der Waals surface area contributed by atoms with Crippen LogP contribution in [0, 0.1) is 0 Å². The summed E-state index contributed by atoms with van der Waals surface area (Å²) in [6.45, 7) is 4.41. The molecule has 0 saturated carbocycles. The van der Waals surface area contributed by atoms with Crippen molar-refractivity contribution < 1.29 is 9.59 Å². The third-order valence-electron chi connectivity index (χ3n) is 4.77. The number of carbonyl (C=O) groups excluding carboxylic acids is 2. The lowest BCUT2D eigenvalue weighted by Gasteiger charge is -2.13. The Morgan fingerprint density at radius 3 is 2.54 bits per heavy atom. The van der Waals surface area contributed by atoms with E-state index in [1.54, 1.807) is 6.07 Å². The number of rotatable bonds is 4. The smallest absolute Gasteiger partial charge is 0.293 e. The zero-order chi connectivity index (χ0) is 19.8. The maximum atomic E-state index is 12.9. The van der Waals surface area contributed by atoms with Crippen LogP contribution >= 0.6 is 23.4 Å².